The van der Waals surface area contributed by atoms with Crippen LogP contribution in [0.4, 0.5) is 0 Å². The number of carboxylic acids is 1. The van der Waals surface area contributed by atoms with Crippen molar-refractivity contribution >= 4 is 21.9 Å². The molecule has 1 atom stereocenters. The van der Waals surface area contributed by atoms with Gasteiger partial charge in [0.1, 0.15) is 0 Å². The number of halogens is 1. The predicted octanol–water partition coefficient (Wildman–Crippen LogP) is 2.52. The quantitative estimate of drug-likeness (QED) is 0.905. The summed E-state index contributed by atoms with van der Waals surface area (Å²) in [4.78, 5) is 10.7. The summed E-state index contributed by atoms with van der Waals surface area (Å²) >= 11 is 3.48. The lowest BCUT2D eigenvalue weighted by atomic mass is 10.1. The van der Waals surface area contributed by atoms with E-state index in [9.17, 15) is 4.79 Å². The van der Waals surface area contributed by atoms with Crippen LogP contribution in [0.5, 0.6) is 0 Å². The Morgan fingerprint density at radius 3 is 2.95 bits per heavy atom. The minimum absolute atomic E-state index is 0.0396. The third-order valence-corrected chi connectivity index (χ3v) is 3.91. The molecule has 0 saturated heterocycles. The van der Waals surface area contributed by atoms with Crippen molar-refractivity contribution in [3.63, 3.8) is 0 Å². The molecule has 0 spiro atoms. The molecule has 6 nitrogen and oxygen atoms in total. The van der Waals surface area contributed by atoms with Gasteiger partial charge in [0.15, 0.2) is 5.82 Å². The van der Waals surface area contributed by atoms with E-state index in [1.54, 1.807) is 4.68 Å². The molecule has 0 aliphatic carbocycles. The second-order valence-corrected chi connectivity index (χ2v) is 5.65. The number of rotatable bonds is 5. The van der Waals surface area contributed by atoms with Gasteiger partial charge in [0.25, 0.3) is 0 Å². The maximum Gasteiger partial charge on any atom is 0.303 e. The lowest BCUT2D eigenvalue weighted by Crippen LogP contribution is -2.14. The molecule has 1 aromatic carbocycles. The Hall–Kier alpha value is -1.76. The van der Waals surface area contributed by atoms with E-state index in [1.165, 1.54) is 0 Å². The number of aliphatic carboxylic acids is 1. The number of hydrogen-bond acceptors (Lipinski definition) is 4. The molecule has 0 aliphatic rings. The fourth-order valence-corrected chi connectivity index (χ4v) is 2.39. The molecule has 1 unspecified atom stereocenters. The summed E-state index contributed by atoms with van der Waals surface area (Å²) in [6.45, 7) is 4.33. The van der Waals surface area contributed by atoms with Crippen LogP contribution in [0.2, 0.25) is 0 Å². The monoisotopic (exact) mass is 338 g/mol. The third kappa shape index (κ3) is 3.22. The van der Waals surface area contributed by atoms with Gasteiger partial charge in [-0.15, -0.1) is 5.10 Å². The second kappa shape index (κ2) is 6.13. The molecule has 0 fully saturated rings. The molecule has 1 aromatic heterocycles. The predicted molar refractivity (Wildman–Crippen MR) is 77.1 cm³/mol. The minimum Gasteiger partial charge on any atom is -0.481 e. The van der Waals surface area contributed by atoms with Gasteiger partial charge in [-0.05, 0) is 34.9 Å². The highest BCUT2D eigenvalue weighted by Gasteiger charge is 2.16. The molecule has 0 radical (unpaired) electrons. The number of hydrogen-bond donors (Lipinski definition) is 1. The molecule has 1 N–H and O–H groups in total. The number of carbonyl (C=O) groups is 1. The van der Waals surface area contributed by atoms with Crippen LogP contribution in [-0.4, -0.2) is 31.3 Å². The Kier molecular flexibility index (Phi) is 4.49. The van der Waals surface area contributed by atoms with Crippen LogP contribution in [0, 0.1) is 12.8 Å². The van der Waals surface area contributed by atoms with Crippen LogP contribution < -0.4 is 0 Å². The lowest BCUT2D eigenvalue weighted by Gasteiger charge is -2.11. The molecule has 1 heterocycles. The highest BCUT2D eigenvalue weighted by atomic mass is 79.9. The maximum atomic E-state index is 10.7. The number of aromatic nitrogens is 4. The van der Waals surface area contributed by atoms with Crippen LogP contribution in [0.1, 0.15) is 18.9 Å². The average molecular weight is 339 g/mol. The van der Waals surface area contributed by atoms with Gasteiger partial charge in [-0.1, -0.05) is 35.0 Å². The SMILES string of the molecule is Cc1c(Br)cccc1-c1nnnn1CC(C)CC(=O)O. The van der Waals surface area contributed by atoms with Gasteiger partial charge in [0.2, 0.25) is 0 Å². The molecular weight excluding hydrogens is 324 g/mol. The zero-order chi connectivity index (χ0) is 14.7. The molecule has 2 rings (SSSR count). The fourth-order valence-electron chi connectivity index (χ4n) is 2.03. The highest BCUT2D eigenvalue weighted by molar-refractivity contribution is 9.10. The van der Waals surface area contributed by atoms with Crippen molar-refractivity contribution in [1.82, 2.24) is 20.2 Å². The molecule has 2 aromatic rings. The summed E-state index contributed by atoms with van der Waals surface area (Å²) in [5, 5.41) is 20.5. The smallest absolute Gasteiger partial charge is 0.303 e. The molecule has 106 valence electrons. The summed E-state index contributed by atoms with van der Waals surface area (Å²) in [5.41, 5.74) is 1.99. The molecule has 7 heteroatoms. The topological polar surface area (TPSA) is 80.9 Å². The van der Waals surface area contributed by atoms with Crippen LogP contribution in [0.15, 0.2) is 22.7 Å². The van der Waals surface area contributed by atoms with Gasteiger partial charge < -0.3 is 5.11 Å². The van der Waals surface area contributed by atoms with E-state index in [0.29, 0.717) is 12.4 Å². The minimum atomic E-state index is -0.814. The Morgan fingerprint density at radius 2 is 2.25 bits per heavy atom. The Balaban J connectivity index is 2.29. The summed E-state index contributed by atoms with van der Waals surface area (Å²) in [5.74, 6) is -0.200. The van der Waals surface area contributed by atoms with Crippen LogP contribution in [-0.2, 0) is 11.3 Å². The summed E-state index contributed by atoms with van der Waals surface area (Å²) < 4.78 is 2.64. The van der Waals surface area contributed by atoms with Gasteiger partial charge in [-0.2, -0.15) is 0 Å². The van der Waals surface area contributed by atoms with E-state index in [0.717, 1.165) is 15.6 Å². The van der Waals surface area contributed by atoms with E-state index in [-0.39, 0.29) is 12.3 Å². The number of tetrazole rings is 1. The van der Waals surface area contributed by atoms with Crippen molar-refractivity contribution in [3.05, 3.63) is 28.2 Å². The van der Waals surface area contributed by atoms with E-state index in [1.807, 2.05) is 32.0 Å². The zero-order valence-corrected chi connectivity index (χ0v) is 12.8. The first-order chi connectivity index (χ1) is 9.49. The number of nitrogens with zero attached hydrogens (tertiary/aromatic N) is 4. The van der Waals surface area contributed by atoms with Crippen molar-refractivity contribution in [2.24, 2.45) is 5.92 Å². The fraction of sp³-hybridized carbons (Fsp3) is 0.385. The summed E-state index contributed by atoms with van der Waals surface area (Å²) in [6.07, 6.45) is 0.0940. The van der Waals surface area contributed by atoms with Crippen molar-refractivity contribution < 1.29 is 9.90 Å². The zero-order valence-electron chi connectivity index (χ0n) is 11.2. The standard InChI is InChI=1S/C13H15BrN4O2/c1-8(6-12(19)20)7-18-13(15-16-17-18)10-4-3-5-11(14)9(10)2/h3-5,8H,6-7H2,1-2H3,(H,19,20). The average Bonchev–Trinajstić information content (AvgIpc) is 2.79. The Bertz CT molecular complexity index is 627. The van der Waals surface area contributed by atoms with E-state index >= 15 is 0 Å². The number of carboxylic acid groups (broad SMARTS) is 1. The Morgan fingerprint density at radius 1 is 1.50 bits per heavy atom. The van der Waals surface area contributed by atoms with Crippen molar-refractivity contribution in [2.75, 3.05) is 0 Å². The van der Waals surface area contributed by atoms with Crippen molar-refractivity contribution in [1.29, 1.82) is 0 Å². The van der Waals surface area contributed by atoms with E-state index in [2.05, 4.69) is 31.5 Å². The van der Waals surface area contributed by atoms with Gasteiger partial charge in [0.05, 0.1) is 0 Å². The maximum absolute atomic E-state index is 10.7. The Labute approximate surface area is 124 Å². The molecule has 0 amide bonds. The van der Waals surface area contributed by atoms with Crippen LogP contribution >= 0.6 is 15.9 Å². The number of benzene rings is 1. The molecule has 0 aliphatic heterocycles. The molecule has 0 bridgehead atoms. The normalized spacial score (nSPS) is 12.3. The van der Waals surface area contributed by atoms with Crippen molar-refractivity contribution in [2.45, 2.75) is 26.8 Å². The first kappa shape index (κ1) is 14.6. The lowest BCUT2D eigenvalue weighted by molar-refractivity contribution is -0.138. The molecule has 0 saturated carbocycles. The van der Waals surface area contributed by atoms with Gasteiger partial charge >= 0.3 is 5.97 Å². The van der Waals surface area contributed by atoms with Gasteiger partial charge in [0, 0.05) is 23.0 Å². The summed E-state index contributed by atoms with van der Waals surface area (Å²) in [7, 11) is 0. The first-order valence-electron chi connectivity index (χ1n) is 6.22. The van der Waals surface area contributed by atoms with E-state index in [4.69, 9.17) is 5.11 Å². The van der Waals surface area contributed by atoms with E-state index < -0.39 is 5.97 Å². The first-order valence-corrected chi connectivity index (χ1v) is 7.01. The van der Waals surface area contributed by atoms with Gasteiger partial charge in [-0.3, -0.25) is 4.79 Å². The largest absolute Gasteiger partial charge is 0.481 e. The van der Waals surface area contributed by atoms with Gasteiger partial charge in [-0.25, -0.2) is 4.68 Å². The molecule has 20 heavy (non-hydrogen) atoms. The summed E-state index contributed by atoms with van der Waals surface area (Å²) in [6, 6.07) is 5.83. The highest BCUT2D eigenvalue weighted by Crippen LogP contribution is 2.27. The van der Waals surface area contributed by atoms with Crippen LogP contribution in [0.25, 0.3) is 11.4 Å². The second-order valence-electron chi connectivity index (χ2n) is 4.80. The van der Waals surface area contributed by atoms with Crippen molar-refractivity contribution in [3.8, 4) is 11.4 Å². The third-order valence-electron chi connectivity index (χ3n) is 3.05. The molecular formula is C13H15BrN4O2. The van der Waals surface area contributed by atoms with Crippen LogP contribution in [0.3, 0.4) is 0 Å².